The van der Waals surface area contributed by atoms with E-state index in [1.807, 2.05) is 13.0 Å². The molecule has 0 aliphatic carbocycles. The Kier molecular flexibility index (Phi) is 11.0. The van der Waals surface area contributed by atoms with Crippen molar-refractivity contribution >= 4 is 41.7 Å². The van der Waals surface area contributed by atoms with Crippen LogP contribution in [0.2, 0.25) is 0 Å². The molecule has 0 radical (unpaired) electrons. The Morgan fingerprint density at radius 2 is 2.12 bits per heavy atom. The fraction of sp³-hybridized carbons (Fsp3) is 0.333. The van der Waals surface area contributed by atoms with Gasteiger partial charge in [0.1, 0.15) is 11.6 Å². The van der Waals surface area contributed by atoms with Gasteiger partial charge in [0.2, 0.25) is 5.88 Å². The van der Waals surface area contributed by atoms with Crippen molar-refractivity contribution in [3.63, 3.8) is 0 Å². The van der Waals surface area contributed by atoms with Gasteiger partial charge in [0, 0.05) is 37.2 Å². The van der Waals surface area contributed by atoms with E-state index in [2.05, 4.69) is 26.9 Å². The number of benzene rings is 1. The standard InChI is InChI=1S/C18H23FN4OS.HI/c1-3-20-18(21-9-10-25-2)23-13-14-7-8-17(22-12-14)24-16-6-4-5-15(19)11-16;/h4-8,11-12H,3,9-10,13H2,1-2H3,(H2,20,21,23);1H. The Hall–Kier alpha value is -1.55. The summed E-state index contributed by atoms with van der Waals surface area (Å²) in [5.41, 5.74) is 0.966. The van der Waals surface area contributed by atoms with E-state index in [1.54, 1.807) is 36.2 Å². The van der Waals surface area contributed by atoms with E-state index in [0.29, 0.717) is 18.2 Å². The summed E-state index contributed by atoms with van der Waals surface area (Å²) < 4.78 is 18.7. The molecule has 5 nitrogen and oxygen atoms in total. The number of guanidine groups is 1. The van der Waals surface area contributed by atoms with Crippen molar-refractivity contribution in [2.45, 2.75) is 13.5 Å². The molecule has 2 N–H and O–H groups in total. The number of nitrogens with one attached hydrogen (secondary N) is 2. The Morgan fingerprint density at radius 3 is 2.77 bits per heavy atom. The van der Waals surface area contributed by atoms with Gasteiger partial charge in [0.25, 0.3) is 0 Å². The number of aliphatic imine (C=N–C) groups is 1. The minimum absolute atomic E-state index is 0. The largest absolute Gasteiger partial charge is 0.439 e. The van der Waals surface area contributed by atoms with E-state index in [9.17, 15) is 4.39 Å². The maximum absolute atomic E-state index is 13.2. The number of hydrogen-bond donors (Lipinski definition) is 2. The molecule has 0 spiro atoms. The monoisotopic (exact) mass is 490 g/mol. The number of nitrogens with zero attached hydrogens (tertiary/aromatic N) is 2. The van der Waals surface area contributed by atoms with Crippen LogP contribution >= 0.6 is 35.7 Å². The van der Waals surface area contributed by atoms with Gasteiger partial charge in [-0.15, -0.1) is 24.0 Å². The van der Waals surface area contributed by atoms with E-state index >= 15 is 0 Å². The molecule has 0 saturated carbocycles. The molecule has 0 amide bonds. The third-order valence-corrected chi connectivity index (χ3v) is 3.79. The third-order valence-electron chi connectivity index (χ3n) is 3.18. The molecule has 142 valence electrons. The van der Waals surface area contributed by atoms with Crippen LogP contribution in [-0.2, 0) is 6.54 Å². The molecular weight excluding hydrogens is 466 g/mol. The summed E-state index contributed by atoms with van der Waals surface area (Å²) >= 11 is 1.79. The maximum atomic E-state index is 13.2. The first kappa shape index (κ1) is 22.5. The highest BCUT2D eigenvalue weighted by molar-refractivity contribution is 14.0. The molecule has 2 aromatic rings. The summed E-state index contributed by atoms with van der Waals surface area (Å²) in [6, 6.07) is 9.63. The van der Waals surface area contributed by atoms with Crippen molar-refractivity contribution in [1.82, 2.24) is 15.6 Å². The summed E-state index contributed by atoms with van der Waals surface area (Å²) in [6.07, 6.45) is 3.79. The first-order valence-corrected chi connectivity index (χ1v) is 9.50. The van der Waals surface area contributed by atoms with Gasteiger partial charge in [-0.05, 0) is 30.9 Å². The first-order chi connectivity index (χ1) is 12.2. The zero-order chi connectivity index (χ0) is 17.9. The Labute approximate surface area is 175 Å². The normalized spacial score (nSPS) is 10.8. The molecule has 0 bridgehead atoms. The van der Waals surface area contributed by atoms with Crippen LogP contribution in [0.15, 0.2) is 47.6 Å². The molecule has 0 fully saturated rings. The van der Waals surface area contributed by atoms with E-state index in [0.717, 1.165) is 30.4 Å². The molecule has 0 aliphatic heterocycles. The molecular formula is C18H24FIN4OS. The summed E-state index contributed by atoms with van der Waals surface area (Å²) in [6.45, 7) is 4.23. The predicted molar refractivity (Wildman–Crippen MR) is 117 cm³/mol. The van der Waals surface area contributed by atoms with E-state index in [-0.39, 0.29) is 29.8 Å². The summed E-state index contributed by atoms with van der Waals surface area (Å²) in [7, 11) is 0. The number of halogens is 2. The number of thioether (sulfide) groups is 1. The zero-order valence-corrected chi connectivity index (χ0v) is 18.0. The minimum atomic E-state index is -0.339. The molecule has 2 rings (SSSR count). The second-order valence-electron chi connectivity index (χ2n) is 5.18. The zero-order valence-electron chi connectivity index (χ0n) is 14.9. The predicted octanol–water partition coefficient (Wildman–Crippen LogP) is 4.05. The number of aromatic nitrogens is 1. The summed E-state index contributed by atoms with van der Waals surface area (Å²) in [4.78, 5) is 8.78. The maximum Gasteiger partial charge on any atom is 0.219 e. The van der Waals surface area contributed by atoms with E-state index in [4.69, 9.17) is 4.74 Å². The molecule has 0 aliphatic rings. The van der Waals surface area contributed by atoms with Gasteiger partial charge < -0.3 is 15.4 Å². The van der Waals surface area contributed by atoms with Crippen molar-refractivity contribution in [1.29, 1.82) is 0 Å². The lowest BCUT2D eigenvalue weighted by molar-refractivity contribution is 0.457. The molecule has 0 saturated heterocycles. The van der Waals surface area contributed by atoms with Crippen LogP contribution in [0.4, 0.5) is 4.39 Å². The highest BCUT2D eigenvalue weighted by Gasteiger charge is 2.02. The van der Waals surface area contributed by atoms with Crippen LogP contribution in [-0.4, -0.2) is 36.0 Å². The highest BCUT2D eigenvalue weighted by Crippen LogP contribution is 2.20. The molecule has 8 heteroatoms. The Balaban J connectivity index is 0.00000338. The Morgan fingerprint density at radius 1 is 1.27 bits per heavy atom. The van der Waals surface area contributed by atoms with Crippen molar-refractivity contribution < 1.29 is 9.13 Å². The Bertz CT molecular complexity index is 685. The van der Waals surface area contributed by atoms with Crippen LogP contribution in [0.5, 0.6) is 11.6 Å². The van der Waals surface area contributed by atoms with Gasteiger partial charge in [0.05, 0.1) is 6.54 Å². The van der Waals surface area contributed by atoms with Crippen molar-refractivity contribution in [3.05, 3.63) is 54.0 Å². The van der Waals surface area contributed by atoms with Crippen LogP contribution in [0, 0.1) is 5.82 Å². The lowest BCUT2D eigenvalue weighted by Gasteiger charge is -2.10. The van der Waals surface area contributed by atoms with Gasteiger partial charge in [-0.1, -0.05) is 12.1 Å². The molecule has 1 aromatic carbocycles. The quantitative estimate of drug-likeness (QED) is 0.253. The summed E-state index contributed by atoms with van der Waals surface area (Å²) in [5.74, 6) is 2.32. The van der Waals surface area contributed by atoms with E-state index in [1.165, 1.54) is 12.1 Å². The van der Waals surface area contributed by atoms with Crippen LogP contribution < -0.4 is 15.4 Å². The molecule has 1 aromatic heterocycles. The average Bonchev–Trinajstić information content (AvgIpc) is 2.61. The van der Waals surface area contributed by atoms with Crippen molar-refractivity contribution in [2.75, 3.05) is 25.1 Å². The molecule has 26 heavy (non-hydrogen) atoms. The SMILES string of the molecule is CCNC(=NCc1ccc(Oc2cccc(F)c2)nc1)NCCSC.I. The van der Waals surface area contributed by atoms with Gasteiger partial charge in [0.15, 0.2) is 5.96 Å². The number of pyridine rings is 1. The van der Waals surface area contributed by atoms with Gasteiger partial charge in [-0.2, -0.15) is 11.8 Å². The second kappa shape index (κ2) is 12.7. The van der Waals surface area contributed by atoms with Crippen LogP contribution in [0.1, 0.15) is 12.5 Å². The third kappa shape index (κ3) is 8.22. The topological polar surface area (TPSA) is 58.5 Å². The number of ether oxygens (including phenoxy) is 1. The van der Waals surface area contributed by atoms with Gasteiger partial charge >= 0.3 is 0 Å². The van der Waals surface area contributed by atoms with Gasteiger partial charge in [-0.3, -0.25) is 0 Å². The fourth-order valence-electron chi connectivity index (χ4n) is 2.00. The lowest BCUT2D eigenvalue weighted by Crippen LogP contribution is -2.38. The van der Waals surface area contributed by atoms with Crippen LogP contribution in [0.3, 0.4) is 0 Å². The van der Waals surface area contributed by atoms with Crippen LogP contribution in [0.25, 0.3) is 0 Å². The second-order valence-corrected chi connectivity index (χ2v) is 6.16. The highest BCUT2D eigenvalue weighted by atomic mass is 127. The number of hydrogen-bond acceptors (Lipinski definition) is 4. The lowest BCUT2D eigenvalue weighted by atomic mass is 10.3. The first-order valence-electron chi connectivity index (χ1n) is 8.10. The minimum Gasteiger partial charge on any atom is -0.439 e. The average molecular weight is 490 g/mol. The number of rotatable bonds is 8. The molecule has 0 atom stereocenters. The van der Waals surface area contributed by atoms with Gasteiger partial charge in [-0.25, -0.2) is 14.4 Å². The smallest absolute Gasteiger partial charge is 0.219 e. The fourth-order valence-corrected chi connectivity index (χ4v) is 2.31. The van der Waals surface area contributed by atoms with E-state index < -0.39 is 0 Å². The molecule has 1 heterocycles. The van der Waals surface area contributed by atoms with Crippen molar-refractivity contribution in [3.8, 4) is 11.6 Å². The molecule has 0 unspecified atom stereocenters. The summed E-state index contributed by atoms with van der Waals surface area (Å²) in [5, 5.41) is 6.49. The van der Waals surface area contributed by atoms with Crippen molar-refractivity contribution in [2.24, 2.45) is 4.99 Å².